The third-order valence-electron chi connectivity index (χ3n) is 4.38. The zero-order valence-corrected chi connectivity index (χ0v) is 15.2. The van der Waals surface area contributed by atoms with Crippen LogP contribution in [-0.2, 0) is 9.53 Å². The van der Waals surface area contributed by atoms with Gasteiger partial charge in [0.1, 0.15) is 17.9 Å². The van der Waals surface area contributed by atoms with Gasteiger partial charge in [-0.2, -0.15) is 15.5 Å². The van der Waals surface area contributed by atoms with Crippen molar-refractivity contribution in [1.29, 1.82) is 5.26 Å². The van der Waals surface area contributed by atoms with Crippen molar-refractivity contribution in [2.75, 3.05) is 13.7 Å². The van der Waals surface area contributed by atoms with Crippen LogP contribution in [0.15, 0.2) is 40.6 Å². The third kappa shape index (κ3) is 5.69. The lowest BCUT2D eigenvalue weighted by atomic mass is 10.0. The number of hydrogen-bond donors (Lipinski definition) is 0. The Balaban J connectivity index is 2.25. The molecule has 0 N–H and O–H groups in total. The summed E-state index contributed by atoms with van der Waals surface area (Å²) in [6.45, 7) is 4.43. The van der Waals surface area contributed by atoms with Crippen molar-refractivity contribution in [3.05, 3.63) is 35.9 Å². The molecule has 1 aromatic rings. The van der Waals surface area contributed by atoms with E-state index in [-0.39, 0.29) is 0 Å². The van der Waals surface area contributed by atoms with Gasteiger partial charge in [0.05, 0.1) is 30.5 Å². The number of esters is 1. The molecule has 2 bridgehead atoms. The van der Waals surface area contributed by atoms with Gasteiger partial charge in [0.15, 0.2) is 0 Å². The molecule has 6 nitrogen and oxygen atoms in total. The SMILES string of the molecule is C=C(C(=O)OC)C1CCCCCCCCOc2ccc(cc2C#N)N=N1. The molecule has 0 saturated carbocycles. The van der Waals surface area contributed by atoms with Crippen LogP contribution < -0.4 is 4.74 Å². The van der Waals surface area contributed by atoms with Crippen LogP contribution >= 0.6 is 0 Å². The van der Waals surface area contributed by atoms with Gasteiger partial charge in [-0.3, -0.25) is 0 Å². The van der Waals surface area contributed by atoms with Crippen LogP contribution in [0.3, 0.4) is 0 Å². The maximum absolute atomic E-state index is 11.8. The van der Waals surface area contributed by atoms with Crippen molar-refractivity contribution < 1.29 is 14.3 Å². The average Bonchev–Trinajstić information content (AvgIpc) is 2.67. The van der Waals surface area contributed by atoms with E-state index < -0.39 is 12.0 Å². The summed E-state index contributed by atoms with van der Waals surface area (Å²) in [5, 5.41) is 17.8. The lowest BCUT2D eigenvalue weighted by Gasteiger charge is -2.13. The molecule has 0 amide bonds. The Morgan fingerprint density at radius 1 is 1.27 bits per heavy atom. The Morgan fingerprint density at radius 3 is 2.73 bits per heavy atom. The van der Waals surface area contributed by atoms with Crippen LogP contribution in [0.4, 0.5) is 5.69 Å². The minimum atomic E-state index is -0.468. The summed E-state index contributed by atoms with van der Waals surface area (Å²) in [6, 6.07) is 6.85. The number of hydrogen-bond acceptors (Lipinski definition) is 6. The minimum Gasteiger partial charge on any atom is -0.492 e. The monoisotopic (exact) mass is 355 g/mol. The number of nitrogens with zero attached hydrogens (tertiary/aromatic N) is 3. The molecule has 2 aliphatic rings. The Bertz CT molecular complexity index is 707. The Morgan fingerprint density at radius 2 is 2.00 bits per heavy atom. The van der Waals surface area contributed by atoms with Crippen molar-refractivity contribution in [3.63, 3.8) is 0 Å². The van der Waals surface area contributed by atoms with Crippen molar-refractivity contribution in [2.24, 2.45) is 10.2 Å². The molecule has 1 aromatic carbocycles. The number of carbonyl (C=O) groups excluding carboxylic acids is 1. The molecular formula is C20H25N3O3. The number of azo groups is 1. The second-order valence-corrected chi connectivity index (χ2v) is 6.30. The summed E-state index contributed by atoms with van der Waals surface area (Å²) < 4.78 is 10.5. The van der Waals surface area contributed by atoms with E-state index in [0.29, 0.717) is 35.6 Å². The van der Waals surface area contributed by atoms with Gasteiger partial charge in [-0.25, -0.2) is 4.79 Å². The number of ether oxygens (including phenoxy) is 2. The predicted molar refractivity (Wildman–Crippen MR) is 98.4 cm³/mol. The Hall–Kier alpha value is -2.68. The Kier molecular flexibility index (Phi) is 7.81. The molecule has 138 valence electrons. The fraction of sp³-hybridized carbons (Fsp3) is 0.500. The molecule has 0 aliphatic carbocycles. The van der Waals surface area contributed by atoms with Gasteiger partial charge in [0, 0.05) is 0 Å². The summed E-state index contributed by atoms with van der Waals surface area (Å²) in [4.78, 5) is 11.8. The molecule has 0 spiro atoms. The highest BCUT2D eigenvalue weighted by molar-refractivity contribution is 5.89. The second-order valence-electron chi connectivity index (χ2n) is 6.30. The van der Waals surface area contributed by atoms with E-state index in [1.54, 1.807) is 18.2 Å². The first-order valence-electron chi connectivity index (χ1n) is 9.00. The molecule has 6 heteroatoms. The summed E-state index contributed by atoms with van der Waals surface area (Å²) >= 11 is 0. The fourth-order valence-corrected chi connectivity index (χ4v) is 2.83. The van der Waals surface area contributed by atoms with Crippen LogP contribution in [0, 0.1) is 11.3 Å². The molecule has 0 fully saturated rings. The van der Waals surface area contributed by atoms with Crippen molar-refractivity contribution in [2.45, 2.75) is 51.0 Å². The van der Waals surface area contributed by atoms with Crippen LogP contribution in [-0.4, -0.2) is 25.7 Å². The molecule has 26 heavy (non-hydrogen) atoms. The van der Waals surface area contributed by atoms with Gasteiger partial charge in [-0.15, -0.1) is 0 Å². The number of rotatable bonds is 2. The lowest BCUT2D eigenvalue weighted by Crippen LogP contribution is -2.16. The van der Waals surface area contributed by atoms with Crippen LogP contribution in [0.5, 0.6) is 5.75 Å². The largest absolute Gasteiger partial charge is 0.492 e. The van der Waals surface area contributed by atoms with Crippen molar-refractivity contribution in [3.8, 4) is 11.8 Å². The number of fused-ring (bicyclic) bond motifs is 12. The lowest BCUT2D eigenvalue weighted by molar-refractivity contribution is -0.136. The quantitative estimate of drug-likeness (QED) is 0.560. The van der Waals surface area contributed by atoms with Crippen molar-refractivity contribution >= 4 is 11.7 Å². The topological polar surface area (TPSA) is 84.0 Å². The smallest absolute Gasteiger partial charge is 0.335 e. The van der Waals surface area contributed by atoms with E-state index in [1.165, 1.54) is 7.11 Å². The van der Waals surface area contributed by atoms with Gasteiger partial charge in [0.2, 0.25) is 0 Å². The summed E-state index contributed by atoms with van der Waals surface area (Å²) in [6.07, 6.45) is 7.05. The molecule has 0 saturated heterocycles. The molecule has 0 aromatic heterocycles. The molecule has 1 unspecified atom stereocenters. The van der Waals surface area contributed by atoms with E-state index in [4.69, 9.17) is 9.47 Å². The number of nitriles is 1. The highest BCUT2D eigenvalue weighted by Crippen LogP contribution is 2.26. The van der Waals surface area contributed by atoms with Gasteiger partial charge >= 0.3 is 5.97 Å². The molecular weight excluding hydrogens is 330 g/mol. The maximum atomic E-state index is 11.8. The molecule has 2 aliphatic heterocycles. The van der Waals surface area contributed by atoms with Gasteiger partial charge in [0.25, 0.3) is 0 Å². The van der Waals surface area contributed by atoms with Gasteiger partial charge in [-0.1, -0.05) is 38.7 Å². The first kappa shape index (κ1) is 19.6. The normalized spacial score (nSPS) is 18.5. The fourth-order valence-electron chi connectivity index (χ4n) is 2.83. The van der Waals surface area contributed by atoms with Crippen molar-refractivity contribution in [1.82, 2.24) is 0 Å². The van der Waals surface area contributed by atoms with Crippen LogP contribution in [0.25, 0.3) is 0 Å². The maximum Gasteiger partial charge on any atom is 0.335 e. The predicted octanol–water partition coefficient (Wildman–Crippen LogP) is 4.86. The van der Waals surface area contributed by atoms with E-state index in [0.717, 1.165) is 38.5 Å². The van der Waals surface area contributed by atoms with E-state index in [1.807, 2.05) is 0 Å². The standard InChI is InChI=1S/C20H25N3O3/c1-15(20(24)25-2)18-9-7-5-3-4-6-8-12-26-19-11-10-17(22-23-18)13-16(19)14-21/h10-11,13,18H,1,3-9,12H2,2H3. The number of benzene rings is 1. The summed E-state index contributed by atoms with van der Waals surface area (Å²) in [5.74, 6) is 0.0962. The van der Waals surface area contributed by atoms with Gasteiger partial charge in [-0.05, 0) is 31.0 Å². The highest BCUT2D eigenvalue weighted by Gasteiger charge is 2.19. The number of methoxy groups -OCH3 is 1. The molecule has 0 radical (unpaired) electrons. The van der Waals surface area contributed by atoms with Crippen LogP contribution in [0.1, 0.15) is 50.5 Å². The first-order valence-corrected chi connectivity index (χ1v) is 9.00. The first-order chi connectivity index (χ1) is 12.7. The van der Waals surface area contributed by atoms with E-state index in [9.17, 15) is 10.1 Å². The number of carbonyl (C=O) groups is 1. The molecule has 1 atom stereocenters. The minimum absolute atomic E-state index is 0.304. The molecule has 2 heterocycles. The average molecular weight is 355 g/mol. The van der Waals surface area contributed by atoms with Crippen LogP contribution in [0.2, 0.25) is 0 Å². The van der Waals surface area contributed by atoms with E-state index in [2.05, 4.69) is 22.9 Å². The van der Waals surface area contributed by atoms with E-state index >= 15 is 0 Å². The zero-order chi connectivity index (χ0) is 18.8. The second kappa shape index (κ2) is 10.3. The van der Waals surface area contributed by atoms with Gasteiger partial charge < -0.3 is 9.47 Å². The third-order valence-corrected chi connectivity index (χ3v) is 4.38. The Labute approximate surface area is 154 Å². The summed E-state index contributed by atoms with van der Waals surface area (Å²) in [7, 11) is 1.33. The summed E-state index contributed by atoms with van der Waals surface area (Å²) in [5.41, 5.74) is 1.28. The zero-order valence-electron chi connectivity index (χ0n) is 15.2. The molecule has 3 rings (SSSR count). The highest BCUT2D eigenvalue weighted by atomic mass is 16.5.